The number of rotatable bonds is 6. The average Bonchev–Trinajstić information content (AvgIpc) is 2.94. The van der Waals surface area contributed by atoms with E-state index in [-0.39, 0.29) is 30.7 Å². The molecule has 2 amide bonds. The summed E-state index contributed by atoms with van der Waals surface area (Å²) in [5, 5.41) is 8.79. The molecule has 1 N–H and O–H groups in total. The number of hydrogen-bond acceptors (Lipinski definition) is 3. The predicted molar refractivity (Wildman–Crippen MR) is 102 cm³/mol. The molecule has 2 atom stereocenters. The number of carboxylic acids is 1. The molecule has 27 heavy (non-hydrogen) atoms. The normalized spacial score (nSPS) is 19.3. The van der Waals surface area contributed by atoms with Crippen LogP contribution in [0.1, 0.15) is 31.7 Å². The molecule has 2 aromatic carbocycles. The van der Waals surface area contributed by atoms with Crippen molar-refractivity contribution in [2.45, 2.75) is 38.6 Å². The SMILES string of the molecule is C[C@@H]1C[C@H](Cc2ccc(-c3ccccc3)cc2)N(C(=O)CCC(=O)O)C1=O. The molecule has 5 heteroatoms. The number of aliphatic carboxylic acids is 1. The summed E-state index contributed by atoms with van der Waals surface area (Å²) >= 11 is 0. The Morgan fingerprint density at radius 1 is 1.00 bits per heavy atom. The first-order chi connectivity index (χ1) is 13.0. The van der Waals surface area contributed by atoms with E-state index in [1.165, 1.54) is 4.90 Å². The summed E-state index contributed by atoms with van der Waals surface area (Å²) in [6, 6.07) is 18.0. The van der Waals surface area contributed by atoms with E-state index < -0.39 is 11.9 Å². The van der Waals surface area contributed by atoms with Gasteiger partial charge in [-0.2, -0.15) is 0 Å². The fraction of sp³-hybridized carbons (Fsp3) is 0.318. The van der Waals surface area contributed by atoms with Crippen LogP contribution in [0.15, 0.2) is 54.6 Å². The van der Waals surface area contributed by atoms with E-state index in [2.05, 4.69) is 12.1 Å². The third-order valence-electron chi connectivity index (χ3n) is 5.00. The Balaban J connectivity index is 1.72. The van der Waals surface area contributed by atoms with Gasteiger partial charge in [0, 0.05) is 18.4 Å². The summed E-state index contributed by atoms with van der Waals surface area (Å²) in [5.74, 6) is -1.84. The van der Waals surface area contributed by atoms with Crippen molar-refractivity contribution >= 4 is 17.8 Å². The molecule has 1 heterocycles. The van der Waals surface area contributed by atoms with Crippen molar-refractivity contribution in [3.63, 3.8) is 0 Å². The number of carbonyl (C=O) groups excluding carboxylic acids is 2. The van der Waals surface area contributed by atoms with E-state index in [0.29, 0.717) is 12.8 Å². The van der Waals surface area contributed by atoms with Gasteiger partial charge in [0.05, 0.1) is 6.42 Å². The minimum atomic E-state index is -1.03. The van der Waals surface area contributed by atoms with Gasteiger partial charge < -0.3 is 5.11 Å². The molecule has 3 rings (SSSR count). The van der Waals surface area contributed by atoms with Crippen LogP contribution >= 0.6 is 0 Å². The molecule has 0 radical (unpaired) electrons. The van der Waals surface area contributed by atoms with Crippen LogP contribution in [0.2, 0.25) is 0 Å². The van der Waals surface area contributed by atoms with Crippen LogP contribution < -0.4 is 0 Å². The zero-order chi connectivity index (χ0) is 19.4. The Morgan fingerprint density at radius 3 is 2.26 bits per heavy atom. The van der Waals surface area contributed by atoms with Crippen molar-refractivity contribution in [1.82, 2.24) is 4.90 Å². The predicted octanol–water partition coefficient (Wildman–Crippen LogP) is 3.52. The lowest BCUT2D eigenvalue weighted by atomic mass is 9.98. The summed E-state index contributed by atoms with van der Waals surface area (Å²) in [6.07, 6.45) is 0.800. The maximum atomic E-state index is 12.4. The minimum absolute atomic E-state index is 0.142. The van der Waals surface area contributed by atoms with Gasteiger partial charge in [-0.25, -0.2) is 0 Å². The number of likely N-dealkylation sites (tertiary alicyclic amines) is 1. The Morgan fingerprint density at radius 2 is 1.63 bits per heavy atom. The summed E-state index contributed by atoms with van der Waals surface area (Å²) in [5.41, 5.74) is 3.31. The van der Waals surface area contributed by atoms with E-state index in [4.69, 9.17) is 5.11 Å². The van der Waals surface area contributed by atoms with Crippen LogP contribution in [0.4, 0.5) is 0 Å². The molecule has 0 aromatic heterocycles. The highest BCUT2D eigenvalue weighted by molar-refractivity contribution is 5.99. The molecule has 5 nitrogen and oxygen atoms in total. The lowest BCUT2D eigenvalue weighted by Gasteiger charge is -2.23. The summed E-state index contributed by atoms with van der Waals surface area (Å²) in [7, 11) is 0. The smallest absolute Gasteiger partial charge is 0.303 e. The van der Waals surface area contributed by atoms with Crippen molar-refractivity contribution < 1.29 is 19.5 Å². The molecule has 1 fully saturated rings. The minimum Gasteiger partial charge on any atom is -0.481 e. The highest BCUT2D eigenvalue weighted by atomic mass is 16.4. The third-order valence-corrected chi connectivity index (χ3v) is 5.00. The lowest BCUT2D eigenvalue weighted by Crippen LogP contribution is -2.40. The van der Waals surface area contributed by atoms with Gasteiger partial charge in [0.25, 0.3) is 0 Å². The number of benzene rings is 2. The molecule has 140 valence electrons. The number of hydrogen-bond donors (Lipinski definition) is 1. The van der Waals surface area contributed by atoms with E-state index in [1.807, 2.05) is 49.4 Å². The second-order valence-corrected chi connectivity index (χ2v) is 7.05. The fourth-order valence-electron chi connectivity index (χ4n) is 3.60. The Labute approximate surface area is 158 Å². The van der Waals surface area contributed by atoms with Gasteiger partial charge >= 0.3 is 5.97 Å². The van der Waals surface area contributed by atoms with Crippen molar-refractivity contribution in [2.75, 3.05) is 0 Å². The molecule has 0 bridgehead atoms. The first-order valence-electron chi connectivity index (χ1n) is 9.17. The molecule has 1 aliphatic rings. The Kier molecular flexibility index (Phi) is 5.69. The first kappa shape index (κ1) is 18.8. The first-order valence-corrected chi connectivity index (χ1v) is 9.17. The van der Waals surface area contributed by atoms with E-state index in [9.17, 15) is 14.4 Å². The maximum absolute atomic E-state index is 12.4. The zero-order valence-electron chi connectivity index (χ0n) is 15.3. The summed E-state index contributed by atoms with van der Waals surface area (Å²) in [4.78, 5) is 36.8. The number of amides is 2. The number of carboxylic acid groups (broad SMARTS) is 1. The van der Waals surface area contributed by atoms with Gasteiger partial charge in [0.1, 0.15) is 0 Å². The molecular formula is C22H23NO4. The third kappa shape index (κ3) is 4.42. The van der Waals surface area contributed by atoms with Gasteiger partial charge in [0.15, 0.2) is 0 Å². The summed E-state index contributed by atoms with van der Waals surface area (Å²) < 4.78 is 0. The fourth-order valence-corrected chi connectivity index (χ4v) is 3.60. The van der Waals surface area contributed by atoms with Crippen molar-refractivity contribution in [2.24, 2.45) is 5.92 Å². The Hall–Kier alpha value is -2.95. The van der Waals surface area contributed by atoms with Crippen molar-refractivity contribution in [3.8, 4) is 11.1 Å². The van der Waals surface area contributed by atoms with E-state index in [1.54, 1.807) is 0 Å². The van der Waals surface area contributed by atoms with Crippen LogP contribution in [-0.4, -0.2) is 33.8 Å². The standard InChI is InChI=1S/C22H23NO4/c1-15-13-19(23(22(15)27)20(24)11-12-21(25)26)14-16-7-9-18(10-8-16)17-5-3-2-4-6-17/h2-10,15,19H,11-14H2,1H3,(H,25,26)/t15-,19-/m1/s1. The highest BCUT2D eigenvalue weighted by Crippen LogP contribution is 2.29. The molecule has 1 aliphatic heterocycles. The lowest BCUT2D eigenvalue weighted by molar-refractivity contribution is -0.147. The topological polar surface area (TPSA) is 74.7 Å². The van der Waals surface area contributed by atoms with Gasteiger partial charge in [-0.1, -0.05) is 61.5 Å². The average molecular weight is 365 g/mol. The van der Waals surface area contributed by atoms with E-state index in [0.717, 1.165) is 16.7 Å². The van der Waals surface area contributed by atoms with Crippen LogP contribution in [0.25, 0.3) is 11.1 Å². The molecule has 1 saturated heterocycles. The highest BCUT2D eigenvalue weighted by Gasteiger charge is 2.40. The second-order valence-electron chi connectivity index (χ2n) is 7.05. The summed E-state index contributed by atoms with van der Waals surface area (Å²) in [6.45, 7) is 1.82. The molecule has 0 spiro atoms. The van der Waals surface area contributed by atoms with Crippen LogP contribution in [-0.2, 0) is 20.8 Å². The van der Waals surface area contributed by atoms with Crippen LogP contribution in [0, 0.1) is 5.92 Å². The van der Waals surface area contributed by atoms with Gasteiger partial charge in [-0.15, -0.1) is 0 Å². The Bertz CT molecular complexity index is 829. The van der Waals surface area contributed by atoms with Gasteiger partial charge in [-0.3, -0.25) is 19.3 Å². The largest absolute Gasteiger partial charge is 0.481 e. The van der Waals surface area contributed by atoms with Crippen molar-refractivity contribution in [3.05, 3.63) is 60.2 Å². The van der Waals surface area contributed by atoms with Gasteiger partial charge in [0.2, 0.25) is 11.8 Å². The van der Waals surface area contributed by atoms with Crippen molar-refractivity contribution in [1.29, 1.82) is 0 Å². The van der Waals surface area contributed by atoms with Gasteiger partial charge in [-0.05, 0) is 29.5 Å². The van der Waals surface area contributed by atoms with E-state index >= 15 is 0 Å². The number of carbonyl (C=O) groups is 3. The molecular weight excluding hydrogens is 342 g/mol. The monoisotopic (exact) mass is 365 g/mol. The molecule has 0 aliphatic carbocycles. The molecule has 0 saturated carbocycles. The molecule has 2 aromatic rings. The second kappa shape index (κ2) is 8.16. The van der Waals surface area contributed by atoms with Crippen LogP contribution in [0.3, 0.4) is 0 Å². The quantitative estimate of drug-likeness (QED) is 0.850. The zero-order valence-corrected chi connectivity index (χ0v) is 15.3. The molecule has 0 unspecified atom stereocenters. The number of imide groups is 1. The maximum Gasteiger partial charge on any atom is 0.303 e. The van der Waals surface area contributed by atoms with Crippen LogP contribution in [0.5, 0.6) is 0 Å². The number of nitrogens with zero attached hydrogens (tertiary/aromatic N) is 1.